The Labute approximate surface area is 118 Å². The van der Waals surface area contributed by atoms with Crippen molar-refractivity contribution in [2.45, 2.75) is 33.7 Å². The summed E-state index contributed by atoms with van der Waals surface area (Å²) in [5.74, 6) is -0.122. The lowest BCUT2D eigenvalue weighted by atomic mass is 10.1. The van der Waals surface area contributed by atoms with Gasteiger partial charge in [0.05, 0.1) is 12.3 Å². The molecule has 6 nitrogen and oxygen atoms in total. The molecule has 0 aliphatic carbocycles. The standard InChI is InChI=1S/C14H21N3O3/c1-4-16-8-11(7-13(16)18)9-20-14(19)12-6-10(3)15-17(12)5-2/h6,11H,4-5,7-9H2,1-3H3. The molecule has 1 aliphatic heterocycles. The fourth-order valence-corrected chi connectivity index (χ4v) is 2.49. The van der Waals surface area contributed by atoms with Gasteiger partial charge in [0.15, 0.2) is 0 Å². The summed E-state index contributed by atoms with van der Waals surface area (Å²) in [5.41, 5.74) is 1.27. The number of carbonyl (C=O) groups excluding carboxylic acids is 2. The van der Waals surface area contributed by atoms with Gasteiger partial charge in [0.25, 0.3) is 0 Å². The number of ether oxygens (including phenoxy) is 1. The van der Waals surface area contributed by atoms with Crippen LogP contribution in [-0.2, 0) is 16.1 Å². The predicted molar refractivity (Wildman–Crippen MR) is 73.3 cm³/mol. The van der Waals surface area contributed by atoms with Gasteiger partial charge in [-0.1, -0.05) is 0 Å². The first-order chi connectivity index (χ1) is 9.55. The summed E-state index contributed by atoms with van der Waals surface area (Å²) < 4.78 is 6.97. The van der Waals surface area contributed by atoms with E-state index in [2.05, 4.69) is 5.10 Å². The van der Waals surface area contributed by atoms with Crippen molar-refractivity contribution in [3.8, 4) is 0 Å². The van der Waals surface area contributed by atoms with Crippen molar-refractivity contribution in [1.82, 2.24) is 14.7 Å². The molecule has 1 aliphatic rings. The van der Waals surface area contributed by atoms with Gasteiger partial charge in [-0.15, -0.1) is 0 Å². The summed E-state index contributed by atoms with van der Waals surface area (Å²) >= 11 is 0. The largest absolute Gasteiger partial charge is 0.461 e. The third-order valence-corrected chi connectivity index (χ3v) is 3.54. The Hall–Kier alpha value is -1.85. The summed E-state index contributed by atoms with van der Waals surface area (Å²) in [6.07, 6.45) is 0.465. The van der Waals surface area contributed by atoms with Crippen molar-refractivity contribution in [1.29, 1.82) is 0 Å². The molecular weight excluding hydrogens is 258 g/mol. The second kappa shape index (κ2) is 6.07. The molecule has 1 unspecified atom stereocenters. The van der Waals surface area contributed by atoms with Crippen LogP contribution in [0.2, 0.25) is 0 Å². The van der Waals surface area contributed by atoms with Crippen LogP contribution in [0.15, 0.2) is 6.07 Å². The zero-order valence-electron chi connectivity index (χ0n) is 12.3. The highest BCUT2D eigenvalue weighted by Crippen LogP contribution is 2.18. The third-order valence-electron chi connectivity index (χ3n) is 3.54. The molecule has 6 heteroatoms. The van der Waals surface area contributed by atoms with Crippen LogP contribution in [0.4, 0.5) is 0 Å². The van der Waals surface area contributed by atoms with E-state index in [9.17, 15) is 9.59 Å². The summed E-state index contributed by atoms with van der Waals surface area (Å²) in [5, 5.41) is 4.22. The highest BCUT2D eigenvalue weighted by Gasteiger charge is 2.29. The van der Waals surface area contributed by atoms with E-state index in [0.29, 0.717) is 31.7 Å². The maximum atomic E-state index is 12.0. The molecule has 0 saturated carbocycles. The van der Waals surface area contributed by atoms with Gasteiger partial charge in [-0.05, 0) is 26.8 Å². The van der Waals surface area contributed by atoms with Crippen LogP contribution >= 0.6 is 0 Å². The maximum absolute atomic E-state index is 12.0. The molecule has 0 bridgehead atoms. The molecule has 1 amide bonds. The number of nitrogens with zero attached hydrogens (tertiary/aromatic N) is 3. The maximum Gasteiger partial charge on any atom is 0.356 e. The molecular formula is C14H21N3O3. The lowest BCUT2D eigenvalue weighted by molar-refractivity contribution is -0.127. The molecule has 110 valence electrons. The van der Waals surface area contributed by atoms with E-state index in [1.54, 1.807) is 15.6 Å². The monoisotopic (exact) mass is 279 g/mol. The Morgan fingerprint density at radius 2 is 2.20 bits per heavy atom. The van der Waals surface area contributed by atoms with E-state index in [0.717, 1.165) is 5.69 Å². The van der Waals surface area contributed by atoms with Crippen molar-refractivity contribution in [2.75, 3.05) is 19.7 Å². The minimum Gasteiger partial charge on any atom is -0.461 e. The molecule has 0 spiro atoms. The number of hydrogen-bond donors (Lipinski definition) is 0. The third kappa shape index (κ3) is 3.00. The molecule has 0 radical (unpaired) electrons. The molecule has 2 rings (SSSR count). The number of aromatic nitrogens is 2. The van der Waals surface area contributed by atoms with E-state index in [1.165, 1.54) is 0 Å². The first-order valence-corrected chi connectivity index (χ1v) is 7.04. The average Bonchev–Trinajstić information content (AvgIpc) is 2.98. The lowest BCUT2D eigenvalue weighted by Gasteiger charge is -2.13. The number of aryl methyl sites for hydroxylation is 2. The first kappa shape index (κ1) is 14.6. The van der Waals surface area contributed by atoms with E-state index in [4.69, 9.17) is 4.74 Å². The Morgan fingerprint density at radius 1 is 1.45 bits per heavy atom. The van der Waals surface area contributed by atoms with Crippen molar-refractivity contribution >= 4 is 11.9 Å². The zero-order chi connectivity index (χ0) is 14.7. The van der Waals surface area contributed by atoms with Crippen LogP contribution in [0, 0.1) is 12.8 Å². The van der Waals surface area contributed by atoms with Gasteiger partial charge < -0.3 is 9.64 Å². The minimum absolute atomic E-state index is 0.102. The lowest BCUT2D eigenvalue weighted by Crippen LogP contribution is -2.25. The molecule has 0 aromatic carbocycles. The average molecular weight is 279 g/mol. The summed E-state index contributed by atoms with van der Waals surface area (Å²) in [6, 6.07) is 1.73. The van der Waals surface area contributed by atoms with Crippen LogP contribution < -0.4 is 0 Å². The van der Waals surface area contributed by atoms with Gasteiger partial charge in [0, 0.05) is 32.0 Å². The number of hydrogen-bond acceptors (Lipinski definition) is 4. The van der Waals surface area contributed by atoms with Crippen LogP contribution in [0.1, 0.15) is 36.5 Å². The van der Waals surface area contributed by atoms with Crippen molar-refractivity contribution in [3.63, 3.8) is 0 Å². The topological polar surface area (TPSA) is 64.4 Å². The fraction of sp³-hybridized carbons (Fsp3) is 0.643. The molecule has 1 aromatic heterocycles. The Morgan fingerprint density at radius 3 is 2.80 bits per heavy atom. The zero-order valence-corrected chi connectivity index (χ0v) is 12.3. The van der Waals surface area contributed by atoms with E-state index in [1.807, 2.05) is 20.8 Å². The van der Waals surface area contributed by atoms with E-state index < -0.39 is 0 Å². The number of esters is 1. The van der Waals surface area contributed by atoms with Gasteiger partial charge in [0.1, 0.15) is 5.69 Å². The highest BCUT2D eigenvalue weighted by molar-refractivity contribution is 5.87. The first-order valence-electron chi connectivity index (χ1n) is 7.04. The SMILES string of the molecule is CCN1CC(COC(=O)c2cc(C)nn2CC)CC1=O. The number of likely N-dealkylation sites (tertiary alicyclic amines) is 1. The smallest absolute Gasteiger partial charge is 0.356 e. The van der Waals surface area contributed by atoms with Gasteiger partial charge >= 0.3 is 5.97 Å². The molecule has 1 fully saturated rings. The fourth-order valence-electron chi connectivity index (χ4n) is 2.49. The van der Waals surface area contributed by atoms with Crippen molar-refractivity contribution in [3.05, 3.63) is 17.5 Å². The number of amides is 1. The second-order valence-corrected chi connectivity index (χ2v) is 5.09. The van der Waals surface area contributed by atoms with Gasteiger partial charge in [0.2, 0.25) is 5.91 Å². The quantitative estimate of drug-likeness (QED) is 0.761. The molecule has 2 heterocycles. The van der Waals surface area contributed by atoms with Crippen molar-refractivity contribution in [2.24, 2.45) is 5.92 Å². The minimum atomic E-state index is -0.366. The van der Waals surface area contributed by atoms with Gasteiger partial charge in [-0.25, -0.2) is 4.79 Å². The van der Waals surface area contributed by atoms with Crippen LogP contribution in [0.25, 0.3) is 0 Å². The molecule has 1 aromatic rings. The highest BCUT2D eigenvalue weighted by atomic mass is 16.5. The van der Waals surface area contributed by atoms with Gasteiger partial charge in [-0.2, -0.15) is 5.10 Å². The van der Waals surface area contributed by atoms with Gasteiger partial charge in [-0.3, -0.25) is 9.48 Å². The van der Waals surface area contributed by atoms with Crippen LogP contribution in [0.3, 0.4) is 0 Å². The summed E-state index contributed by atoms with van der Waals surface area (Å²) in [7, 11) is 0. The normalized spacial score (nSPS) is 18.6. The molecule has 1 atom stereocenters. The summed E-state index contributed by atoms with van der Waals surface area (Å²) in [6.45, 7) is 8.03. The predicted octanol–water partition coefficient (Wildman–Crippen LogP) is 1.24. The molecule has 20 heavy (non-hydrogen) atoms. The number of rotatable bonds is 5. The molecule has 1 saturated heterocycles. The second-order valence-electron chi connectivity index (χ2n) is 5.09. The van der Waals surface area contributed by atoms with Crippen LogP contribution in [0.5, 0.6) is 0 Å². The number of carbonyl (C=O) groups is 2. The Balaban J connectivity index is 1.91. The summed E-state index contributed by atoms with van der Waals surface area (Å²) in [4.78, 5) is 25.4. The van der Waals surface area contributed by atoms with Crippen LogP contribution in [-0.4, -0.2) is 46.3 Å². The Bertz CT molecular complexity index is 510. The Kier molecular flexibility index (Phi) is 4.42. The van der Waals surface area contributed by atoms with Crippen molar-refractivity contribution < 1.29 is 14.3 Å². The van der Waals surface area contributed by atoms with E-state index in [-0.39, 0.29) is 24.4 Å². The van der Waals surface area contributed by atoms with E-state index >= 15 is 0 Å². The molecule has 0 N–H and O–H groups in total.